The van der Waals surface area contributed by atoms with Crippen LogP contribution in [0.25, 0.3) is 6.08 Å². The first-order chi connectivity index (χ1) is 12.4. The summed E-state index contributed by atoms with van der Waals surface area (Å²) >= 11 is 0. The Labute approximate surface area is 149 Å². The molecule has 4 nitrogen and oxygen atoms in total. The average Bonchev–Trinajstić information content (AvgIpc) is 3.05. The van der Waals surface area contributed by atoms with Crippen molar-refractivity contribution >= 4 is 18.5 Å². The fraction of sp³-hybridized carbons (Fsp3) is 0.333. The Morgan fingerprint density at radius 3 is 2.60 bits per heavy atom. The first-order valence-corrected chi connectivity index (χ1v) is 8.88. The highest BCUT2D eigenvalue weighted by Gasteiger charge is 2.25. The number of hydrogen-bond donors (Lipinski definition) is 0. The minimum Gasteiger partial charge on any atom is -0.378 e. The molecule has 1 aromatic rings. The Hall–Kier alpha value is -2.46. The molecule has 1 fully saturated rings. The molecular formula is C21H25N3O. The Bertz CT molecular complexity index is 708. The van der Waals surface area contributed by atoms with Gasteiger partial charge in [0, 0.05) is 25.0 Å². The molecule has 0 radical (unpaired) electrons. The largest absolute Gasteiger partial charge is 0.378 e. The summed E-state index contributed by atoms with van der Waals surface area (Å²) in [4.78, 5) is 2.43. The van der Waals surface area contributed by atoms with Crippen molar-refractivity contribution in [3.8, 4) is 0 Å². The van der Waals surface area contributed by atoms with Crippen LogP contribution >= 0.6 is 0 Å². The third kappa shape index (κ3) is 4.77. The molecule has 1 aliphatic heterocycles. The smallest absolute Gasteiger partial charge is 0.0642 e. The van der Waals surface area contributed by atoms with Crippen LogP contribution in [0.15, 0.2) is 69.5 Å². The first-order valence-electron chi connectivity index (χ1n) is 8.88. The number of benzene rings is 1. The van der Waals surface area contributed by atoms with Crippen LogP contribution in [-0.4, -0.2) is 43.6 Å². The van der Waals surface area contributed by atoms with Crippen LogP contribution in [0.1, 0.15) is 25.3 Å². The monoisotopic (exact) mass is 335 g/mol. The summed E-state index contributed by atoms with van der Waals surface area (Å²) in [6.45, 7) is 5.39. The molecule has 3 rings (SSSR count). The number of ether oxygens (including phenoxy) is 1. The summed E-state index contributed by atoms with van der Waals surface area (Å²) in [7, 11) is 0. The number of rotatable bonds is 5. The molecule has 1 aliphatic carbocycles. The zero-order valence-electron chi connectivity index (χ0n) is 14.8. The summed E-state index contributed by atoms with van der Waals surface area (Å²) < 4.78 is 5.52. The van der Waals surface area contributed by atoms with Crippen LogP contribution in [0.5, 0.6) is 0 Å². The predicted octanol–water partition coefficient (Wildman–Crippen LogP) is 4.08. The Kier molecular flexibility index (Phi) is 6.35. The molecule has 0 unspecified atom stereocenters. The molecule has 25 heavy (non-hydrogen) atoms. The van der Waals surface area contributed by atoms with Gasteiger partial charge in [0.05, 0.1) is 19.4 Å². The van der Waals surface area contributed by atoms with Crippen molar-refractivity contribution in [2.75, 3.05) is 26.3 Å². The first kappa shape index (κ1) is 17.4. The number of nitrogens with zero attached hydrogens (tertiary/aromatic N) is 3. The van der Waals surface area contributed by atoms with Crippen LogP contribution in [-0.2, 0) is 4.74 Å². The number of hydrogen-bond acceptors (Lipinski definition) is 4. The van der Waals surface area contributed by atoms with Gasteiger partial charge in [-0.2, -0.15) is 10.2 Å². The standard InChI is InChI=1S/C21H25N3O/c1-2-3-11-22-23-17-20-10-9-19(16-18-7-5-4-6-8-18)21(20)24-12-14-25-15-13-24/h2-8,11,16-17H,9-10,12-15H2,1H3/b3-2+,19-16+,22-11+,23-17+. The third-order valence-corrected chi connectivity index (χ3v) is 4.37. The lowest BCUT2D eigenvalue weighted by atomic mass is 10.1. The summed E-state index contributed by atoms with van der Waals surface area (Å²) in [6.07, 6.45) is 11.8. The van der Waals surface area contributed by atoms with Crippen LogP contribution < -0.4 is 0 Å². The number of morpholine rings is 1. The van der Waals surface area contributed by atoms with E-state index in [1.165, 1.54) is 22.4 Å². The molecule has 2 aliphatic rings. The fourth-order valence-electron chi connectivity index (χ4n) is 3.19. The molecule has 130 valence electrons. The summed E-state index contributed by atoms with van der Waals surface area (Å²) in [6, 6.07) is 10.5. The minimum absolute atomic E-state index is 0.784. The van der Waals surface area contributed by atoms with Gasteiger partial charge in [-0.1, -0.05) is 36.4 Å². The van der Waals surface area contributed by atoms with Crippen molar-refractivity contribution in [3.05, 3.63) is 64.9 Å². The molecule has 1 saturated heterocycles. The van der Waals surface area contributed by atoms with E-state index in [0.29, 0.717) is 0 Å². The van der Waals surface area contributed by atoms with E-state index < -0.39 is 0 Å². The Morgan fingerprint density at radius 1 is 1.04 bits per heavy atom. The van der Waals surface area contributed by atoms with Gasteiger partial charge in [0.1, 0.15) is 0 Å². The van der Waals surface area contributed by atoms with E-state index in [2.05, 4.69) is 51.5 Å². The predicted molar refractivity (Wildman–Crippen MR) is 105 cm³/mol. The topological polar surface area (TPSA) is 37.2 Å². The average molecular weight is 335 g/mol. The zero-order chi connectivity index (χ0) is 17.3. The highest BCUT2D eigenvalue weighted by molar-refractivity contribution is 5.84. The number of allylic oxidation sites excluding steroid dienone is 4. The van der Waals surface area contributed by atoms with E-state index in [-0.39, 0.29) is 0 Å². The van der Waals surface area contributed by atoms with Gasteiger partial charge in [0.2, 0.25) is 0 Å². The van der Waals surface area contributed by atoms with Crippen molar-refractivity contribution in [1.82, 2.24) is 4.90 Å². The Balaban J connectivity index is 1.89. The van der Waals surface area contributed by atoms with Gasteiger partial charge in [0.15, 0.2) is 0 Å². The molecule has 0 bridgehead atoms. The van der Waals surface area contributed by atoms with E-state index in [4.69, 9.17) is 4.74 Å². The maximum Gasteiger partial charge on any atom is 0.0642 e. The SMILES string of the molecule is C/C=C/C=N/N=C/C1=C(N2CCOCC2)C(=C/c2ccccc2)/CC1. The highest BCUT2D eigenvalue weighted by atomic mass is 16.5. The second kappa shape index (κ2) is 9.14. The summed E-state index contributed by atoms with van der Waals surface area (Å²) in [5.41, 5.74) is 5.21. The normalized spacial score (nSPS) is 20.8. The minimum atomic E-state index is 0.784. The van der Waals surface area contributed by atoms with E-state index >= 15 is 0 Å². The van der Waals surface area contributed by atoms with Crippen molar-refractivity contribution in [1.29, 1.82) is 0 Å². The van der Waals surface area contributed by atoms with Crippen molar-refractivity contribution in [2.24, 2.45) is 10.2 Å². The van der Waals surface area contributed by atoms with Crippen LogP contribution in [0.3, 0.4) is 0 Å². The van der Waals surface area contributed by atoms with E-state index in [9.17, 15) is 0 Å². The van der Waals surface area contributed by atoms with Crippen LogP contribution in [0, 0.1) is 0 Å². The fourth-order valence-corrected chi connectivity index (χ4v) is 3.19. The molecule has 0 N–H and O–H groups in total. The van der Waals surface area contributed by atoms with Gasteiger partial charge in [-0.3, -0.25) is 0 Å². The second-order valence-electron chi connectivity index (χ2n) is 6.09. The molecular weight excluding hydrogens is 310 g/mol. The van der Waals surface area contributed by atoms with Gasteiger partial charge in [0.25, 0.3) is 0 Å². The molecule has 0 amide bonds. The van der Waals surface area contributed by atoms with E-state index in [1.807, 2.05) is 25.3 Å². The molecule has 0 spiro atoms. The maximum atomic E-state index is 5.52. The van der Waals surface area contributed by atoms with Crippen molar-refractivity contribution in [3.63, 3.8) is 0 Å². The van der Waals surface area contributed by atoms with Gasteiger partial charge >= 0.3 is 0 Å². The van der Waals surface area contributed by atoms with Gasteiger partial charge in [-0.25, -0.2) is 0 Å². The van der Waals surface area contributed by atoms with Crippen molar-refractivity contribution < 1.29 is 4.74 Å². The summed E-state index contributed by atoms with van der Waals surface area (Å²) in [5.74, 6) is 0. The summed E-state index contributed by atoms with van der Waals surface area (Å²) in [5, 5.41) is 8.30. The quantitative estimate of drug-likeness (QED) is 0.600. The van der Waals surface area contributed by atoms with E-state index in [0.717, 1.165) is 39.1 Å². The molecule has 4 heteroatoms. The second-order valence-corrected chi connectivity index (χ2v) is 6.09. The highest BCUT2D eigenvalue weighted by Crippen LogP contribution is 2.34. The lowest BCUT2D eigenvalue weighted by Crippen LogP contribution is -2.36. The Morgan fingerprint density at radius 2 is 1.84 bits per heavy atom. The van der Waals surface area contributed by atoms with Gasteiger partial charge in [-0.15, -0.1) is 0 Å². The van der Waals surface area contributed by atoms with Gasteiger partial charge < -0.3 is 9.64 Å². The van der Waals surface area contributed by atoms with Crippen LogP contribution in [0.2, 0.25) is 0 Å². The third-order valence-electron chi connectivity index (χ3n) is 4.37. The van der Waals surface area contributed by atoms with E-state index in [1.54, 1.807) is 6.21 Å². The molecule has 0 aromatic heterocycles. The molecule has 1 heterocycles. The molecule has 0 atom stereocenters. The van der Waals surface area contributed by atoms with Crippen LogP contribution in [0.4, 0.5) is 0 Å². The van der Waals surface area contributed by atoms with Crippen molar-refractivity contribution in [2.45, 2.75) is 19.8 Å². The molecule has 0 saturated carbocycles. The lowest BCUT2D eigenvalue weighted by molar-refractivity contribution is 0.0548. The molecule has 1 aromatic carbocycles. The maximum absolute atomic E-state index is 5.52. The van der Waals surface area contributed by atoms with Gasteiger partial charge in [-0.05, 0) is 48.6 Å². The lowest BCUT2D eigenvalue weighted by Gasteiger charge is -2.31. The zero-order valence-corrected chi connectivity index (χ0v) is 14.8.